The number of rotatable bonds is 7. The molecule has 1 rings (SSSR count). The highest BCUT2D eigenvalue weighted by Gasteiger charge is 2.02. The van der Waals surface area contributed by atoms with E-state index < -0.39 is 6.09 Å². The number of hydrogen-bond acceptors (Lipinski definition) is 5. The van der Waals surface area contributed by atoms with Gasteiger partial charge in [0.05, 0.1) is 12.2 Å². The lowest BCUT2D eigenvalue weighted by Crippen LogP contribution is -2.29. The van der Waals surface area contributed by atoms with E-state index in [0.29, 0.717) is 31.1 Å². The van der Waals surface area contributed by atoms with Gasteiger partial charge in [-0.05, 0) is 18.6 Å². The van der Waals surface area contributed by atoms with Crippen LogP contribution in [-0.2, 0) is 4.74 Å². The summed E-state index contributed by atoms with van der Waals surface area (Å²) < 4.78 is 4.93. The molecule has 0 fully saturated rings. The first kappa shape index (κ1) is 14.8. The number of amides is 1. The van der Waals surface area contributed by atoms with E-state index in [1.54, 1.807) is 18.3 Å². The monoisotopic (exact) mass is 262 g/mol. The molecule has 6 heteroatoms. The third-order valence-electron chi connectivity index (χ3n) is 2.35. The number of anilines is 1. The third-order valence-corrected chi connectivity index (χ3v) is 2.35. The molecule has 0 radical (unpaired) electrons. The Bertz CT molecular complexity index is 443. The van der Waals surface area contributed by atoms with Gasteiger partial charge in [0.15, 0.2) is 0 Å². The molecule has 0 unspecified atom stereocenters. The molecule has 1 aromatic heterocycles. The van der Waals surface area contributed by atoms with Crippen LogP contribution in [-0.4, -0.2) is 30.8 Å². The topological polar surface area (TPSA) is 87.0 Å². The minimum atomic E-state index is -0.420. The van der Waals surface area contributed by atoms with Crippen LogP contribution in [0.5, 0.6) is 0 Å². The van der Waals surface area contributed by atoms with E-state index in [0.717, 1.165) is 12.8 Å². The van der Waals surface area contributed by atoms with E-state index in [1.165, 1.54) is 0 Å². The van der Waals surface area contributed by atoms with Gasteiger partial charge in [0.25, 0.3) is 0 Å². The molecule has 6 nitrogen and oxygen atoms in total. The summed E-state index contributed by atoms with van der Waals surface area (Å²) >= 11 is 0. The Morgan fingerprint density at radius 3 is 3.11 bits per heavy atom. The van der Waals surface area contributed by atoms with Crippen molar-refractivity contribution >= 4 is 11.9 Å². The molecule has 1 aromatic rings. The fraction of sp³-hybridized carbons (Fsp3) is 0.462. The van der Waals surface area contributed by atoms with E-state index in [-0.39, 0.29) is 0 Å². The first-order chi connectivity index (χ1) is 9.27. The van der Waals surface area contributed by atoms with Gasteiger partial charge in [-0.15, -0.1) is 0 Å². The van der Waals surface area contributed by atoms with Crippen molar-refractivity contribution in [2.75, 3.05) is 25.0 Å². The highest BCUT2D eigenvalue weighted by molar-refractivity contribution is 5.67. The van der Waals surface area contributed by atoms with Crippen molar-refractivity contribution in [1.29, 1.82) is 5.26 Å². The Morgan fingerprint density at radius 2 is 2.37 bits per heavy atom. The summed E-state index contributed by atoms with van der Waals surface area (Å²) in [5.41, 5.74) is 0.480. The zero-order valence-electron chi connectivity index (χ0n) is 11.0. The van der Waals surface area contributed by atoms with Crippen LogP contribution in [0.15, 0.2) is 18.3 Å². The lowest BCUT2D eigenvalue weighted by Gasteiger charge is -2.08. The van der Waals surface area contributed by atoms with Crippen molar-refractivity contribution in [3.63, 3.8) is 0 Å². The number of nitrogens with zero attached hydrogens (tertiary/aromatic N) is 2. The van der Waals surface area contributed by atoms with Crippen LogP contribution in [0.4, 0.5) is 10.6 Å². The maximum absolute atomic E-state index is 11.2. The molecule has 2 N–H and O–H groups in total. The van der Waals surface area contributed by atoms with Crippen LogP contribution in [0, 0.1) is 11.3 Å². The number of alkyl carbamates (subject to hydrolysis) is 1. The number of pyridine rings is 1. The fourth-order valence-corrected chi connectivity index (χ4v) is 1.34. The molecule has 0 bridgehead atoms. The number of nitrogens with one attached hydrogen (secondary N) is 2. The summed E-state index contributed by atoms with van der Waals surface area (Å²) in [6, 6.07) is 5.43. The lowest BCUT2D eigenvalue weighted by atomic mass is 10.3. The average Bonchev–Trinajstić information content (AvgIpc) is 2.44. The van der Waals surface area contributed by atoms with Gasteiger partial charge in [0, 0.05) is 19.3 Å². The summed E-state index contributed by atoms with van der Waals surface area (Å²) in [5, 5.41) is 14.5. The highest BCUT2D eigenvalue weighted by atomic mass is 16.5. The molecule has 0 saturated carbocycles. The van der Waals surface area contributed by atoms with E-state index in [4.69, 9.17) is 10.00 Å². The number of hydrogen-bond donors (Lipinski definition) is 2. The van der Waals surface area contributed by atoms with Crippen molar-refractivity contribution < 1.29 is 9.53 Å². The van der Waals surface area contributed by atoms with Crippen molar-refractivity contribution in [3.05, 3.63) is 23.9 Å². The molecule has 1 heterocycles. The number of nitriles is 1. The zero-order valence-corrected chi connectivity index (χ0v) is 11.0. The Balaban J connectivity index is 2.20. The fourth-order valence-electron chi connectivity index (χ4n) is 1.34. The minimum Gasteiger partial charge on any atom is -0.450 e. The molecule has 0 spiro atoms. The van der Waals surface area contributed by atoms with E-state index in [9.17, 15) is 4.79 Å². The molecule has 0 saturated heterocycles. The summed E-state index contributed by atoms with van der Waals surface area (Å²) in [5.74, 6) is 0.520. The molecular weight excluding hydrogens is 244 g/mol. The largest absolute Gasteiger partial charge is 0.450 e. The van der Waals surface area contributed by atoms with Gasteiger partial charge in [0.1, 0.15) is 11.9 Å². The Morgan fingerprint density at radius 1 is 1.53 bits per heavy atom. The summed E-state index contributed by atoms with van der Waals surface area (Å²) in [6.07, 6.45) is 3.04. The Labute approximate surface area is 112 Å². The summed E-state index contributed by atoms with van der Waals surface area (Å²) in [6.45, 7) is 3.36. The zero-order chi connectivity index (χ0) is 13.9. The number of carbonyl (C=O) groups excluding carboxylic acids is 1. The molecule has 0 atom stereocenters. The van der Waals surface area contributed by atoms with Gasteiger partial charge in [-0.1, -0.05) is 13.3 Å². The molecule has 0 aliphatic heterocycles. The van der Waals surface area contributed by atoms with Gasteiger partial charge in [-0.25, -0.2) is 9.78 Å². The number of aromatic nitrogens is 1. The molecule has 0 aliphatic carbocycles. The SMILES string of the molecule is CCCCOC(=O)NCCNc1ncccc1C#N. The van der Waals surface area contributed by atoms with Gasteiger partial charge in [-0.2, -0.15) is 5.26 Å². The predicted octanol–water partition coefficient (Wildman–Crippen LogP) is 1.89. The van der Waals surface area contributed by atoms with Crippen LogP contribution >= 0.6 is 0 Å². The quantitative estimate of drug-likeness (QED) is 0.733. The normalized spacial score (nSPS) is 9.47. The molecule has 19 heavy (non-hydrogen) atoms. The van der Waals surface area contributed by atoms with Crippen LogP contribution in [0.3, 0.4) is 0 Å². The maximum atomic E-state index is 11.2. The van der Waals surface area contributed by atoms with Crippen LogP contribution in [0.1, 0.15) is 25.3 Å². The average molecular weight is 262 g/mol. The maximum Gasteiger partial charge on any atom is 0.407 e. The third kappa shape index (κ3) is 5.73. The number of unbranched alkanes of at least 4 members (excludes halogenated alkanes) is 1. The molecular formula is C13H18N4O2. The smallest absolute Gasteiger partial charge is 0.407 e. The molecule has 1 amide bonds. The van der Waals surface area contributed by atoms with Crippen LogP contribution in [0.25, 0.3) is 0 Å². The van der Waals surface area contributed by atoms with E-state index in [2.05, 4.69) is 15.6 Å². The van der Waals surface area contributed by atoms with Crippen molar-refractivity contribution in [2.45, 2.75) is 19.8 Å². The first-order valence-electron chi connectivity index (χ1n) is 6.27. The summed E-state index contributed by atoms with van der Waals surface area (Å²) in [7, 11) is 0. The second-order valence-electron chi connectivity index (χ2n) is 3.85. The molecule has 0 aliphatic rings. The van der Waals surface area contributed by atoms with Gasteiger partial charge in [0.2, 0.25) is 0 Å². The van der Waals surface area contributed by atoms with E-state index in [1.807, 2.05) is 13.0 Å². The number of ether oxygens (including phenoxy) is 1. The minimum absolute atomic E-state index is 0.409. The second-order valence-corrected chi connectivity index (χ2v) is 3.85. The van der Waals surface area contributed by atoms with Gasteiger partial charge in [-0.3, -0.25) is 0 Å². The molecule has 0 aromatic carbocycles. The second kappa shape index (κ2) is 8.75. The van der Waals surface area contributed by atoms with Crippen molar-refractivity contribution in [2.24, 2.45) is 0 Å². The van der Waals surface area contributed by atoms with Gasteiger partial charge >= 0.3 is 6.09 Å². The van der Waals surface area contributed by atoms with Crippen molar-refractivity contribution in [1.82, 2.24) is 10.3 Å². The first-order valence-corrected chi connectivity index (χ1v) is 6.27. The van der Waals surface area contributed by atoms with Gasteiger partial charge < -0.3 is 15.4 Å². The lowest BCUT2D eigenvalue weighted by molar-refractivity contribution is 0.145. The molecule has 102 valence electrons. The van der Waals surface area contributed by atoms with Crippen LogP contribution < -0.4 is 10.6 Å². The Kier molecular flexibility index (Phi) is 6.80. The van der Waals surface area contributed by atoms with Crippen LogP contribution in [0.2, 0.25) is 0 Å². The standard InChI is InChI=1S/C13H18N4O2/c1-2-3-9-19-13(18)17-8-7-16-12-11(10-14)5-4-6-15-12/h4-6H,2-3,7-9H2,1H3,(H,15,16)(H,17,18). The van der Waals surface area contributed by atoms with E-state index >= 15 is 0 Å². The predicted molar refractivity (Wildman–Crippen MR) is 71.7 cm³/mol. The highest BCUT2D eigenvalue weighted by Crippen LogP contribution is 2.08. The summed E-state index contributed by atoms with van der Waals surface area (Å²) in [4.78, 5) is 15.3. The number of carbonyl (C=O) groups is 1. The van der Waals surface area contributed by atoms with Crippen molar-refractivity contribution in [3.8, 4) is 6.07 Å². The Hall–Kier alpha value is -2.29.